The monoisotopic (exact) mass is 458 g/mol. The van der Waals surface area contributed by atoms with Gasteiger partial charge in [-0.1, -0.05) is 11.6 Å². The summed E-state index contributed by atoms with van der Waals surface area (Å²) in [7, 11) is 0. The van der Waals surface area contributed by atoms with E-state index in [1.54, 1.807) is 54.6 Å². The molecule has 160 valence electrons. The normalized spacial score (nSPS) is 10.3. The predicted octanol–water partition coefficient (Wildman–Crippen LogP) is 4.85. The molecule has 2 N–H and O–H groups in total. The van der Waals surface area contributed by atoms with Gasteiger partial charge < -0.3 is 20.1 Å². The number of ether oxygens (including phenoxy) is 2. The number of thiophene rings is 1. The Bertz CT molecular complexity index is 1060. The van der Waals surface area contributed by atoms with Crippen molar-refractivity contribution in [2.45, 2.75) is 6.92 Å². The van der Waals surface area contributed by atoms with Gasteiger partial charge in [0.1, 0.15) is 10.6 Å². The van der Waals surface area contributed by atoms with Crippen molar-refractivity contribution in [1.82, 2.24) is 0 Å². The summed E-state index contributed by atoms with van der Waals surface area (Å²) in [6, 6.07) is 16.5. The molecule has 3 aromatic rings. The summed E-state index contributed by atoms with van der Waals surface area (Å²) in [6.07, 6.45) is 0. The number of benzene rings is 2. The van der Waals surface area contributed by atoms with Crippen molar-refractivity contribution < 1.29 is 23.9 Å². The minimum absolute atomic E-state index is 0.287. The summed E-state index contributed by atoms with van der Waals surface area (Å²) in [5, 5.41) is 5.39. The second-order valence-corrected chi connectivity index (χ2v) is 7.93. The SMILES string of the molecule is CCOc1ccc(NC(=O)c2ccc(NC(=O)COC(=O)c3ccc(Cl)s3)cc2)cc1. The number of amides is 2. The molecule has 0 bridgehead atoms. The zero-order valence-corrected chi connectivity index (χ0v) is 18.1. The lowest BCUT2D eigenvalue weighted by molar-refractivity contribution is -0.119. The summed E-state index contributed by atoms with van der Waals surface area (Å²) in [6.45, 7) is 2.03. The Balaban J connectivity index is 1.49. The van der Waals surface area contributed by atoms with Gasteiger partial charge in [0.05, 0.1) is 10.9 Å². The molecule has 0 aliphatic rings. The van der Waals surface area contributed by atoms with Gasteiger partial charge >= 0.3 is 5.97 Å². The number of carbonyl (C=O) groups excluding carboxylic acids is 3. The minimum Gasteiger partial charge on any atom is -0.494 e. The maximum Gasteiger partial charge on any atom is 0.348 e. The molecule has 3 rings (SSSR count). The number of anilines is 2. The van der Waals surface area contributed by atoms with Gasteiger partial charge in [-0.05, 0) is 67.6 Å². The molecule has 0 unspecified atom stereocenters. The number of hydrogen-bond acceptors (Lipinski definition) is 6. The maximum atomic E-state index is 12.4. The fourth-order valence-corrected chi connectivity index (χ4v) is 3.47. The van der Waals surface area contributed by atoms with Crippen molar-refractivity contribution in [1.29, 1.82) is 0 Å². The fourth-order valence-electron chi connectivity index (χ4n) is 2.53. The third-order valence-electron chi connectivity index (χ3n) is 3.96. The number of hydrogen-bond donors (Lipinski definition) is 2. The first-order valence-corrected chi connectivity index (χ1v) is 10.5. The average molecular weight is 459 g/mol. The molecule has 0 saturated carbocycles. The highest BCUT2D eigenvalue weighted by Crippen LogP contribution is 2.22. The summed E-state index contributed by atoms with van der Waals surface area (Å²) in [4.78, 5) is 36.5. The van der Waals surface area contributed by atoms with Crippen LogP contribution >= 0.6 is 22.9 Å². The van der Waals surface area contributed by atoms with Gasteiger partial charge in [0, 0.05) is 16.9 Å². The zero-order valence-electron chi connectivity index (χ0n) is 16.5. The first kappa shape index (κ1) is 22.3. The highest BCUT2D eigenvalue weighted by atomic mass is 35.5. The van der Waals surface area contributed by atoms with Crippen LogP contribution in [0.4, 0.5) is 11.4 Å². The van der Waals surface area contributed by atoms with Gasteiger partial charge in [-0.25, -0.2) is 4.79 Å². The van der Waals surface area contributed by atoms with Crippen molar-refractivity contribution in [3.05, 3.63) is 75.4 Å². The van der Waals surface area contributed by atoms with Crippen molar-refractivity contribution >= 4 is 52.1 Å². The lowest BCUT2D eigenvalue weighted by atomic mass is 10.2. The van der Waals surface area contributed by atoms with Crippen molar-refractivity contribution in [2.24, 2.45) is 0 Å². The van der Waals surface area contributed by atoms with E-state index in [9.17, 15) is 14.4 Å². The number of halogens is 1. The minimum atomic E-state index is -0.617. The molecule has 1 aromatic heterocycles. The van der Waals surface area contributed by atoms with E-state index in [-0.39, 0.29) is 5.91 Å². The Hall–Kier alpha value is -3.36. The molecular weight excluding hydrogens is 440 g/mol. The third kappa shape index (κ3) is 6.56. The molecule has 0 aliphatic heterocycles. The van der Waals surface area contributed by atoms with Gasteiger partial charge in [-0.2, -0.15) is 0 Å². The molecule has 1 heterocycles. The van der Waals surface area contributed by atoms with Crippen molar-refractivity contribution in [3.63, 3.8) is 0 Å². The molecule has 7 nitrogen and oxygen atoms in total. The first-order chi connectivity index (χ1) is 14.9. The number of carbonyl (C=O) groups is 3. The molecule has 0 saturated heterocycles. The maximum absolute atomic E-state index is 12.4. The second-order valence-electron chi connectivity index (χ2n) is 6.22. The van der Waals surface area contributed by atoms with E-state index in [4.69, 9.17) is 21.1 Å². The lowest BCUT2D eigenvalue weighted by Gasteiger charge is -2.09. The summed E-state index contributed by atoms with van der Waals surface area (Å²) in [5.41, 5.74) is 1.53. The highest BCUT2D eigenvalue weighted by Gasteiger charge is 2.13. The molecule has 0 aliphatic carbocycles. The van der Waals surface area contributed by atoms with Gasteiger partial charge in [-0.15, -0.1) is 11.3 Å². The van der Waals surface area contributed by atoms with Crippen LogP contribution in [0.25, 0.3) is 0 Å². The van der Waals surface area contributed by atoms with Gasteiger partial charge in [0.2, 0.25) is 0 Å². The van der Waals surface area contributed by atoms with Crippen LogP contribution in [0, 0.1) is 0 Å². The molecule has 0 radical (unpaired) electrons. The quantitative estimate of drug-likeness (QED) is 0.471. The molecule has 31 heavy (non-hydrogen) atoms. The Kier molecular flexibility index (Phi) is 7.64. The standard InChI is InChI=1S/C22H19ClN2O5S/c1-2-29-17-9-7-16(8-10-17)25-21(27)14-3-5-15(6-4-14)24-20(26)13-30-22(28)18-11-12-19(23)31-18/h3-12H,2,13H2,1H3,(H,24,26)(H,25,27). The van der Waals surface area contributed by atoms with Crippen LogP contribution in [0.3, 0.4) is 0 Å². The first-order valence-electron chi connectivity index (χ1n) is 9.31. The molecular formula is C22H19ClN2O5S. The Morgan fingerprint density at radius 3 is 2.16 bits per heavy atom. The number of nitrogens with one attached hydrogen (secondary N) is 2. The van der Waals surface area contributed by atoms with Crippen LogP contribution in [0.2, 0.25) is 4.34 Å². The van der Waals surface area contributed by atoms with E-state index in [2.05, 4.69) is 10.6 Å². The van der Waals surface area contributed by atoms with Crippen molar-refractivity contribution in [3.8, 4) is 5.75 Å². The molecule has 2 amide bonds. The van der Waals surface area contributed by atoms with Crippen LogP contribution in [-0.4, -0.2) is 31.0 Å². The van der Waals surface area contributed by atoms with Crippen LogP contribution in [0.15, 0.2) is 60.7 Å². The predicted molar refractivity (Wildman–Crippen MR) is 120 cm³/mol. The van der Waals surface area contributed by atoms with Crippen molar-refractivity contribution in [2.75, 3.05) is 23.8 Å². The van der Waals surface area contributed by atoms with E-state index in [0.717, 1.165) is 17.1 Å². The molecule has 0 fully saturated rings. The second kappa shape index (κ2) is 10.6. The summed E-state index contributed by atoms with van der Waals surface area (Å²) < 4.78 is 10.8. The molecule has 0 spiro atoms. The lowest BCUT2D eigenvalue weighted by Crippen LogP contribution is -2.20. The Labute approximate surface area is 187 Å². The van der Waals surface area contributed by atoms with Crippen LogP contribution in [-0.2, 0) is 9.53 Å². The number of esters is 1. The van der Waals surface area contributed by atoms with Crippen LogP contribution in [0.5, 0.6) is 5.75 Å². The van der Waals surface area contributed by atoms with E-state index in [0.29, 0.717) is 32.8 Å². The largest absolute Gasteiger partial charge is 0.494 e. The molecule has 0 atom stereocenters. The fraction of sp³-hybridized carbons (Fsp3) is 0.136. The Morgan fingerprint density at radius 2 is 1.55 bits per heavy atom. The van der Waals surface area contributed by atoms with Gasteiger partial charge in [0.25, 0.3) is 11.8 Å². The average Bonchev–Trinajstić information content (AvgIpc) is 3.20. The molecule has 9 heteroatoms. The van der Waals surface area contributed by atoms with E-state index >= 15 is 0 Å². The van der Waals surface area contributed by atoms with Crippen LogP contribution < -0.4 is 15.4 Å². The van der Waals surface area contributed by atoms with Gasteiger partial charge in [0.15, 0.2) is 6.61 Å². The number of rotatable bonds is 8. The smallest absolute Gasteiger partial charge is 0.348 e. The van der Waals surface area contributed by atoms with E-state index < -0.39 is 18.5 Å². The zero-order chi connectivity index (χ0) is 22.2. The summed E-state index contributed by atoms with van der Waals surface area (Å²) in [5.74, 6) is -0.674. The Morgan fingerprint density at radius 1 is 0.903 bits per heavy atom. The third-order valence-corrected chi connectivity index (χ3v) is 5.17. The summed E-state index contributed by atoms with van der Waals surface area (Å²) >= 11 is 6.84. The van der Waals surface area contributed by atoms with Crippen LogP contribution in [0.1, 0.15) is 27.0 Å². The van der Waals surface area contributed by atoms with E-state index in [1.807, 2.05) is 6.92 Å². The van der Waals surface area contributed by atoms with Gasteiger partial charge in [-0.3, -0.25) is 9.59 Å². The molecule has 2 aromatic carbocycles. The van der Waals surface area contributed by atoms with E-state index in [1.165, 1.54) is 6.07 Å². The topological polar surface area (TPSA) is 93.7 Å². The highest BCUT2D eigenvalue weighted by molar-refractivity contribution is 7.17.